The van der Waals surface area contributed by atoms with Crippen LogP contribution in [-0.4, -0.2) is 9.77 Å². The molecule has 78 valence electrons. The van der Waals surface area contributed by atoms with E-state index in [-0.39, 0.29) is 10.9 Å². The fourth-order valence-corrected chi connectivity index (χ4v) is 1.73. The van der Waals surface area contributed by atoms with Gasteiger partial charge in [0.05, 0.1) is 0 Å². The van der Waals surface area contributed by atoms with E-state index in [0.717, 1.165) is 24.0 Å². The van der Waals surface area contributed by atoms with Crippen LogP contribution in [-0.2, 0) is 13.5 Å². The van der Waals surface area contributed by atoms with Crippen LogP contribution in [0.15, 0.2) is 28.3 Å². The van der Waals surface area contributed by atoms with E-state index in [4.69, 9.17) is 5.21 Å². The standard InChI is InChI=1S/C11H12N2O2/c1-13-7-6-8-4-2-3-5-9(8)10(12-15)11(13)14/h3,5-7,15H,2,4H2,1H3/b12-10-. The number of fused-ring (bicyclic) bond motifs is 1. The Morgan fingerprint density at radius 1 is 1.53 bits per heavy atom. The largest absolute Gasteiger partial charge is 0.410 e. The second kappa shape index (κ2) is 3.73. The van der Waals surface area contributed by atoms with Crippen LogP contribution in [0.25, 0.3) is 6.08 Å². The van der Waals surface area contributed by atoms with E-state index in [1.54, 1.807) is 13.2 Å². The lowest BCUT2D eigenvalue weighted by atomic mass is 10.00. The minimum absolute atomic E-state index is 0.119. The van der Waals surface area contributed by atoms with Gasteiger partial charge in [0.2, 0.25) is 0 Å². The molecular weight excluding hydrogens is 192 g/mol. The molecule has 0 bridgehead atoms. The van der Waals surface area contributed by atoms with Crippen LogP contribution in [0.4, 0.5) is 0 Å². The van der Waals surface area contributed by atoms with Gasteiger partial charge in [-0.3, -0.25) is 4.79 Å². The van der Waals surface area contributed by atoms with E-state index < -0.39 is 0 Å². The average Bonchev–Trinajstić information content (AvgIpc) is 2.38. The maximum atomic E-state index is 11.7. The lowest BCUT2D eigenvalue weighted by Gasteiger charge is -2.05. The van der Waals surface area contributed by atoms with E-state index in [2.05, 4.69) is 5.16 Å². The molecule has 1 heterocycles. The minimum Gasteiger partial charge on any atom is -0.410 e. The van der Waals surface area contributed by atoms with Crippen LogP contribution in [0.3, 0.4) is 0 Å². The normalized spacial score (nSPS) is 15.1. The van der Waals surface area contributed by atoms with Crippen molar-refractivity contribution in [3.05, 3.63) is 45.2 Å². The third kappa shape index (κ3) is 1.58. The SMILES string of the molecule is Cn1ccc2c(/c(=N/O)c1=O)C=CCC2. The molecule has 0 saturated heterocycles. The lowest BCUT2D eigenvalue weighted by molar-refractivity contribution is 0.300. The van der Waals surface area contributed by atoms with Crippen molar-refractivity contribution in [2.75, 3.05) is 0 Å². The molecule has 0 radical (unpaired) electrons. The van der Waals surface area contributed by atoms with Crippen molar-refractivity contribution in [1.29, 1.82) is 0 Å². The third-order valence-electron chi connectivity index (χ3n) is 2.59. The summed E-state index contributed by atoms with van der Waals surface area (Å²) < 4.78 is 1.42. The van der Waals surface area contributed by atoms with Gasteiger partial charge >= 0.3 is 0 Å². The summed E-state index contributed by atoms with van der Waals surface area (Å²) in [6.07, 6.45) is 7.36. The van der Waals surface area contributed by atoms with Gasteiger partial charge in [-0.1, -0.05) is 17.3 Å². The van der Waals surface area contributed by atoms with Crippen LogP contribution in [0.1, 0.15) is 17.5 Å². The number of rotatable bonds is 0. The second-order valence-electron chi connectivity index (χ2n) is 3.56. The lowest BCUT2D eigenvalue weighted by Crippen LogP contribution is -2.32. The predicted molar refractivity (Wildman–Crippen MR) is 56.4 cm³/mol. The first-order valence-electron chi connectivity index (χ1n) is 4.81. The van der Waals surface area contributed by atoms with E-state index in [0.29, 0.717) is 0 Å². The molecule has 1 aliphatic rings. The maximum Gasteiger partial charge on any atom is 0.280 e. The number of hydrogen-bond donors (Lipinski definition) is 1. The van der Waals surface area contributed by atoms with E-state index >= 15 is 0 Å². The highest BCUT2D eigenvalue weighted by atomic mass is 16.4. The van der Waals surface area contributed by atoms with Crippen LogP contribution < -0.4 is 10.9 Å². The molecule has 15 heavy (non-hydrogen) atoms. The van der Waals surface area contributed by atoms with Crippen molar-refractivity contribution in [2.45, 2.75) is 12.8 Å². The summed E-state index contributed by atoms with van der Waals surface area (Å²) in [5.41, 5.74) is 1.49. The number of aryl methyl sites for hydroxylation is 2. The molecule has 0 aromatic carbocycles. The quantitative estimate of drug-likeness (QED) is 0.498. The zero-order chi connectivity index (χ0) is 10.8. The Hall–Kier alpha value is -1.84. The third-order valence-corrected chi connectivity index (χ3v) is 2.59. The molecule has 4 nitrogen and oxygen atoms in total. The minimum atomic E-state index is -0.287. The molecule has 1 N–H and O–H groups in total. The van der Waals surface area contributed by atoms with Crippen molar-refractivity contribution >= 4 is 6.08 Å². The molecule has 0 aliphatic heterocycles. The van der Waals surface area contributed by atoms with Crippen LogP contribution in [0.5, 0.6) is 0 Å². The summed E-state index contributed by atoms with van der Waals surface area (Å²) in [5, 5.41) is 12.1. The van der Waals surface area contributed by atoms with E-state index in [1.807, 2.05) is 18.2 Å². The number of hydrogen-bond acceptors (Lipinski definition) is 3. The molecule has 0 atom stereocenters. The highest BCUT2D eigenvalue weighted by Gasteiger charge is 2.08. The van der Waals surface area contributed by atoms with Gasteiger partial charge in [-0.25, -0.2) is 0 Å². The fourth-order valence-electron chi connectivity index (χ4n) is 1.73. The Bertz CT molecular complexity index is 541. The highest BCUT2D eigenvalue weighted by molar-refractivity contribution is 5.54. The first-order valence-corrected chi connectivity index (χ1v) is 4.81. The summed E-state index contributed by atoms with van der Waals surface area (Å²) in [6, 6.07) is 1.90. The highest BCUT2D eigenvalue weighted by Crippen LogP contribution is 2.13. The molecule has 0 unspecified atom stereocenters. The average molecular weight is 204 g/mol. The van der Waals surface area contributed by atoms with Crippen LogP contribution in [0.2, 0.25) is 0 Å². The van der Waals surface area contributed by atoms with Crippen molar-refractivity contribution < 1.29 is 5.21 Å². The Morgan fingerprint density at radius 2 is 2.33 bits per heavy atom. The second-order valence-corrected chi connectivity index (χ2v) is 3.56. The Balaban J connectivity index is 2.96. The van der Waals surface area contributed by atoms with Gasteiger partial charge in [0.25, 0.3) is 5.56 Å². The number of aromatic nitrogens is 1. The molecule has 0 amide bonds. The number of allylic oxidation sites excluding steroid dienone is 1. The molecule has 1 aliphatic carbocycles. The fraction of sp³-hybridized carbons (Fsp3) is 0.273. The molecule has 2 rings (SSSR count). The molecule has 4 heteroatoms. The first-order chi connectivity index (χ1) is 7.24. The molecular formula is C11H12N2O2. The van der Waals surface area contributed by atoms with Gasteiger partial charge in [-0.05, 0) is 24.5 Å². The van der Waals surface area contributed by atoms with Crippen molar-refractivity contribution in [1.82, 2.24) is 4.57 Å². The molecule has 0 saturated carbocycles. The first kappa shape index (κ1) is 9.71. The molecule has 1 aromatic heterocycles. The summed E-state index contributed by atoms with van der Waals surface area (Å²) in [4.78, 5) is 11.7. The summed E-state index contributed by atoms with van der Waals surface area (Å²) >= 11 is 0. The molecule has 1 aromatic rings. The van der Waals surface area contributed by atoms with Gasteiger partial charge < -0.3 is 9.77 Å². The zero-order valence-electron chi connectivity index (χ0n) is 8.47. The van der Waals surface area contributed by atoms with Crippen LogP contribution in [0, 0.1) is 0 Å². The van der Waals surface area contributed by atoms with E-state index in [9.17, 15) is 4.79 Å². The number of nitrogens with zero attached hydrogens (tertiary/aromatic N) is 2. The monoisotopic (exact) mass is 204 g/mol. The van der Waals surface area contributed by atoms with Gasteiger partial charge in [0, 0.05) is 18.8 Å². The zero-order valence-corrected chi connectivity index (χ0v) is 8.47. The van der Waals surface area contributed by atoms with Gasteiger partial charge in [0.1, 0.15) is 0 Å². The summed E-state index contributed by atoms with van der Waals surface area (Å²) in [6.45, 7) is 0. The Labute approximate surface area is 86.8 Å². The smallest absolute Gasteiger partial charge is 0.280 e. The van der Waals surface area contributed by atoms with Crippen molar-refractivity contribution in [2.24, 2.45) is 12.2 Å². The Morgan fingerprint density at radius 3 is 3.07 bits per heavy atom. The summed E-state index contributed by atoms with van der Waals surface area (Å²) in [5.74, 6) is 0. The molecule has 0 spiro atoms. The van der Waals surface area contributed by atoms with Crippen molar-refractivity contribution in [3.8, 4) is 0 Å². The van der Waals surface area contributed by atoms with E-state index in [1.165, 1.54) is 4.57 Å². The van der Waals surface area contributed by atoms with Gasteiger partial charge in [-0.15, -0.1) is 0 Å². The Kier molecular flexibility index (Phi) is 2.41. The van der Waals surface area contributed by atoms with Gasteiger partial charge in [0.15, 0.2) is 5.36 Å². The summed E-state index contributed by atoms with van der Waals surface area (Å²) in [7, 11) is 1.65. The maximum absolute atomic E-state index is 11.7. The topological polar surface area (TPSA) is 54.6 Å². The van der Waals surface area contributed by atoms with Crippen molar-refractivity contribution in [3.63, 3.8) is 0 Å². The molecule has 0 fully saturated rings. The predicted octanol–water partition coefficient (Wildman–Crippen LogP) is 0.635. The van der Waals surface area contributed by atoms with Gasteiger partial charge in [-0.2, -0.15) is 0 Å². The van der Waals surface area contributed by atoms with Crippen LogP contribution >= 0.6 is 0 Å².